The summed E-state index contributed by atoms with van der Waals surface area (Å²) < 4.78 is 14.0. The van der Waals surface area contributed by atoms with Crippen LogP contribution in [0.1, 0.15) is 6.42 Å². The number of halogens is 2. The van der Waals surface area contributed by atoms with E-state index < -0.39 is 20.9 Å². The second-order valence-corrected chi connectivity index (χ2v) is 74.4. The average molecular weight is 465 g/mol. The number of para-hydroxylation sites is 1. The molecule has 5 heteroatoms. The molecular formula is C19H32Cl2NSiZr. The third-order valence-corrected chi connectivity index (χ3v) is 76.9. The molecule has 0 bridgehead atoms. The molecule has 0 aliphatic heterocycles. The maximum absolute atomic E-state index is 4.20. The maximum atomic E-state index is 3.87. The topological polar surface area (TPSA) is 15.8 Å². The van der Waals surface area contributed by atoms with Crippen LogP contribution in [0.25, 0.3) is 10.9 Å². The maximum Gasteiger partial charge on any atom is -0.147 e. The van der Waals surface area contributed by atoms with E-state index in [0.717, 1.165) is 6.42 Å². The van der Waals surface area contributed by atoms with Crippen LogP contribution in [0.3, 0.4) is 0 Å². The van der Waals surface area contributed by atoms with Crippen molar-refractivity contribution < 1.29 is 15.0 Å². The van der Waals surface area contributed by atoms with Crippen molar-refractivity contribution in [2.24, 2.45) is 0 Å². The van der Waals surface area contributed by atoms with Gasteiger partial charge in [-0.3, -0.25) is 0 Å². The van der Waals surface area contributed by atoms with Gasteiger partial charge in [0.25, 0.3) is 0 Å². The van der Waals surface area contributed by atoms with Crippen molar-refractivity contribution >= 4 is 45.0 Å². The van der Waals surface area contributed by atoms with Gasteiger partial charge in [-0.05, 0) is 0 Å². The molecule has 0 fully saturated rings. The number of aromatic amines is 1. The SMILES string of the molecule is C[SiH](C)[Zr]([CH3])([CH3])([CH3])([CH3])([C]1=CC=CC1)[c]1cc2ccccc2[nH]1.Cl.Cl. The first kappa shape index (κ1) is 22.0. The summed E-state index contributed by atoms with van der Waals surface area (Å²) in [5, 5.41) is 1.35. The molecule has 0 unspecified atom stereocenters. The van der Waals surface area contributed by atoms with Gasteiger partial charge in [0.15, 0.2) is 0 Å². The summed E-state index contributed by atoms with van der Waals surface area (Å²) in [7, 11) is 0. The first-order valence-corrected chi connectivity index (χ1v) is 28.0. The minimum absolute atomic E-state index is 0. The van der Waals surface area contributed by atoms with Gasteiger partial charge in [-0.1, -0.05) is 0 Å². The predicted molar refractivity (Wildman–Crippen MR) is 117 cm³/mol. The summed E-state index contributed by atoms with van der Waals surface area (Å²) >= 11 is -4.20. The van der Waals surface area contributed by atoms with Crippen LogP contribution in [0.2, 0.25) is 31.6 Å². The number of benzene rings is 1. The van der Waals surface area contributed by atoms with Gasteiger partial charge in [0.2, 0.25) is 0 Å². The minimum Gasteiger partial charge on any atom is -0.147 e. The van der Waals surface area contributed by atoms with Crippen molar-refractivity contribution in [3.05, 3.63) is 51.8 Å². The van der Waals surface area contributed by atoms with E-state index in [1.165, 1.54) is 14.3 Å². The van der Waals surface area contributed by atoms with E-state index in [9.17, 15) is 0 Å². The monoisotopic (exact) mass is 462 g/mol. The van der Waals surface area contributed by atoms with Gasteiger partial charge in [0.1, 0.15) is 0 Å². The van der Waals surface area contributed by atoms with Crippen molar-refractivity contribution in [1.82, 2.24) is 4.98 Å². The molecule has 3 rings (SSSR count). The number of allylic oxidation sites excluding steroid dienone is 4. The van der Waals surface area contributed by atoms with Gasteiger partial charge in [-0.15, -0.1) is 24.8 Å². The normalized spacial score (nSPS) is 18.8. The van der Waals surface area contributed by atoms with Crippen LogP contribution in [0.5, 0.6) is 0 Å². The number of rotatable bonds is 3. The standard InChI is InChI=1S/C8H6N.C5H5.C2H7Si.4CH3.2ClH.Zr/c1-2-4-8-7(3-1)5-6-9-8;1-2-4-5-3-1;1-3-2;;;;;;;/h1-5,9H;1-3H,4H2;3H,1-2H3;4*1H3;2*1H;. The Morgan fingerprint density at radius 2 is 1.62 bits per heavy atom. The fourth-order valence-electron chi connectivity index (χ4n) is 4.00. The van der Waals surface area contributed by atoms with Crippen LogP contribution >= 0.6 is 24.8 Å². The number of nitrogens with one attached hydrogen (secondary N) is 1. The Hall–Kier alpha value is -0.0800. The van der Waals surface area contributed by atoms with Crippen molar-refractivity contribution in [3.8, 4) is 0 Å². The molecule has 1 aromatic heterocycles. The zero-order valence-electron chi connectivity index (χ0n) is 15.7. The van der Waals surface area contributed by atoms with Gasteiger partial charge in [0, 0.05) is 0 Å². The molecule has 1 aliphatic carbocycles. The molecule has 0 radical (unpaired) electrons. The number of hydrogen-bond acceptors (Lipinski definition) is 0. The fraction of sp³-hybridized carbons (Fsp3) is 0.368. The second kappa shape index (κ2) is 5.22. The van der Waals surface area contributed by atoms with Gasteiger partial charge in [-0.25, -0.2) is 0 Å². The van der Waals surface area contributed by atoms with Crippen LogP contribution in [0, 0.1) is 0 Å². The minimum atomic E-state index is -4.20. The molecule has 0 amide bonds. The van der Waals surface area contributed by atoms with Crippen LogP contribution < -0.4 is 3.40 Å². The molecular weight excluding hydrogens is 432 g/mol. The number of fused-ring (bicyclic) bond motifs is 1. The van der Waals surface area contributed by atoms with Crippen molar-refractivity contribution in [2.75, 3.05) is 0 Å². The van der Waals surface area contributed by atoms with Crippen molar-refractivity contribution in [2.45, 2.75) is 38.0 Å². The first-order chi connectivity index (χ1) is 9.92. The van der Waals surface area contributed by atoms with Crippen LogP contribution in [-0.4, -0.2) is 10.9 Å². The third kappa shape index (κ3) is 2.50. The molecule has 24 heavy (non-hydrogen) atoms. The summed E-state index contributed by atoms with van der Waals surface area (Å²) in [5.41, 5.74) is 1.28. The summed E-state index contributed by atoms with van der Waals surface area (Å²) in [5.74, 6) is -1.03. The number of aromatic nitrogens is 1. The average Bonchev–Trinajstić information content (AvgIpc) is 3.09. The smallest absolute Gasteiger partial charge is 0.147 e. The summed E-state index contributed by atoms with van der Waals surface area (Å²) in [6.07, 6.45) is 8.16. The van der Waals surface area contributed by atoms with Gasteiger partial charge in [-0.2, -0.15) is 0 Å². The second-order valence-electron chi connectivity index (χ2n) is 11.3. The van der Waals surface area contributed by atoms with E-state index in [0.29, 0.717) is 0 Å². The van der Waals surface area contributed by atoms with Crippen LogP contribution in [0.15, 0.2) is 51.8 Å². The molecule has 1 heterocycles. The Kier molecular flexibility index (Phi) is 4.78. The van der Waals surface area contributed by atoms with Gasteiger partial charge in [0.05, 0.1) is 0 Å². The van der Waals surface area contributed by atoms with Gasteiger partial charge >= 0.3 is 130 Å². The Morgan fingerprint density at radius 3 is 2.12 bits per heavy atom. The first-order valence-electron chi connectivity index (χ1n) is 8.57. The summed E-state index contributed by atoms with van der Waals surface area (Å²) in [6, 6.07) is 11.2. The largest absolute Gasteiger partial charge is 0.147 e. The fourth-order valence-corrected chi connectivity index (χ4v) is 27.7. The van der Waals surface area contributed by atoms with E-state index in [1.807, 2.05) is 0 Å². The van der Waals surface area contributed by atoms with E-state index in [-0.39, 0.29) is 24.8 Å². The quantitative estimate of drug-likeness (QED) is 0.505. The van der Waals surface area contributed by atoms with E-state index in [1.54, 1.807) is 3.28 Å². The summed E-state index contributed by atoms with van der Waals surface area (Å²) in [6.45, 7) is 5.12. The van der Waals surface area contributed by atoms with E-state index >= 15 is 0 Å². The number of hydrogen-bond donors (Lipinski definition) is 1. The number of H-pyrrole nitrogens is 1. The van der Waals surface area contributed by atoms with Crippen molar-refractivity contribution in [1.29, 1.82) is 0 Å². The molecule has 1 nitrogen and oxygen atoms in total. The molecule has 135 valence electrons. The Balaban J connectivity index is 0.00000144. The Morgan fingerprint density at radius 1 is 1.00 bits per heavy atom. The summed E-state index contributed by atoms with van der Waals surface area (Å²) in [4.78, 5) is 3.87. The molecule has 0 spiro atoms. The zero-order valence-corrected chi connectivity index (χ0v) is 21.0. The molecule has 1 aromatic carbocycles. The molecule has 1 aliphatic rings. The van der Waals surface area contributed by atoms with E-state index in [2.05, 4.69) is 85.2 Å². The van der Waals surface area contributed by atoms with Crippen molar-refractivity contribution in [3.63, 3.8) is 0 Å². The van der Waals surface area contributed by atoms with Crippen LogP contribution in [0.4, 0.5) is 0 Å². The van der Waals surface area contributed by atoms with Gasteiger partial charge < -0.3 is 0 Å². The molecule has 0 atom stereocenters. The molecule has 0 saturated carbocycles. The van der Waals surface area contributed by atoms with E-state index in [4.69, 9.17) is 0 Å². The Labute approximate surface area is 154 Å². The van der Waals surface area contributed by atoms with Crippen LogP contribution in [-0.2, 0) is 15.0 Å². The molecule has 0 saturated heterocycles. The third-order valence-electron chi connectivity index (χ3n) is 8.19. The Bertz CT molecular complexity index is 831. The molecule has 2 aromatic rings. The zero-order chi connectivity index (χ0) is 16.3. The molecule has 1 N–H and O–H groups in total. The predicted octanol–water partition coefficient (Wildman–Crippen LogP) is 6.42.